The molecule has 0 fully saturated rings. The second-order valence-corrected chi connectivity index (χ2v) is 3.04. The largest absolute Gasteiger partial charge is 0.385 e. The van der Waals surface area contributed by atoms with Crippen LogP contribution in [0.1, 0.15) is 19.8 Å². The van der Waals surface area contributed by atoms with Crippen molar-refractivity contribution in [3.63, 3.8) is 0 Å². The molecule has 4 nitrogen and oxygen atoms in total. The van der Waals surface area contributed by atoms with Crippen molar-refractivity contribution in [3.8, 4) is 0 Å². The maximum Gasteiger partial charge on any atom is 0.237 e. The highest BCUT2D eigenvalue weighted by atomic mass is 16.5. The zero-order chi connectivity index (χ0) is 10.8. The van der Waals surface area contributed by atoms with Crippen molar-refractivity contribution in [2.45, 2.75) is 25.8 Å². The summed E-state index contributed by atoms with van der Waals surface area (Å²) in [7, 11) is 1.59. The first-order valence-corrected chi connectivity index (χ1v) is 4.85. The number of rotatable bonds is 7. The Morgan fingerprint density at radius 2 is 2.36 bits per heavy atom. The maximum absolute atomic E-state index is 11.3. The van der Waals surface area contributed by atoms with Crippen LogP contribution in [0.15, 0.2) is 12.2 Å². The molecule has 0 aromatic heterocycles. The number of carbonyl (C=O) groups is 1. The third kappa shape index (κ3) is 6.62. The summed E-state index contributed by atoms with van der Waals surface area (Å²) >= 11 is 0. The summed E-state index contributed by atoms with van der Waals surface area (Å²) in [5.74, 6) is -0.105. The van der Waals surface area contributed by atoms with E-state index in [2.05, 4.69) is 5.32 Å². The molecule has 0 spiro atoms. The first kappa shape index (κ1) is 13.1. The van der Waals surface area contributed by atoms with Crippen LogP contribution >= 0.6 is 0 Å². The van der Waals surface area contributed by atoms with E-state index in [1.54, 1.807) is 7.11 Å². The summed E-state index contributed by atoms with van der Waals surface area (Å²) in [4.78, 5) is 11.3. The molecule has 0 aliphatic heterocycles. The molecule has 3 N–H and O–H groups in total. The molecule has 0 heterocycles. The fraction of sp³-hybridized carbons (Fsp3) is 0.700. The molecule has 14 heavy (non-hydrogen) atoms. The Kier molecular flexibility index (Phi) is 8.17. The van der Waals surface area contributed by atoms with E-state index in [0.717, 1.165) is 6.42 Å². The van der Waals surface area contributed by atoms with Gasteiger partial charge < -0.3 is 15.8 Å². The third-order valence-corrected chi connectivity index (χ3v) is 1.82. The summed E-state index contributed by atoms with van der Waals surface area (Å²) in [6, 6.07) is -0.458. The zero-order valence-corrected chi connectivity index (χ0v) is 8.95. The van der Waals surface area contributed by atoms with Crippen LogP contribution in [0.5, 0.6) is 0 Å². The first-order valence-electron chi connectivity index (χ1n) is 4.85. The lowest BCUT2D eigenvalue weighted by molar-refractivity contribution is -0.122. The van der Waals surface area contributed by atoms with Crippen LogP contribution in [-0.2, 0) is 9.53 Å². The van der Waals surface area contributed by atoms with Gasteiger partial charge in [0.2, 0.25) is 5.91 Å². The Morgan fingerprint density at radius 3 is 2.93 bits per heavy atom. The molecule has 4 heteroatoms. The molecule has 0 aromatic rings. The Bertz CT molecular complexity index is 181. The minimum absolute atomic E-state index is 0.105. The van der Waals surface area contributed by atoms with E-state index in [1.807, 2.05) is 19.1 Å². The van der Waals surface area contributed by atoms with E-state index in [-0.39, 0.29) is 5.91 Å². The lowest BCUT2D eigenvalue weighted by Gasteiger charge is -2.10. The van der Waals surface area contributed by atoms with Gasteiger partial charge in [-0.05, 0) is 19.8 Å². The Labute approximate surface area is 85.5 Å². The number of allylic oxidation sites excluding steroid dienone is 1. The quantitative estimate of drug-likeness (QED) is 0.463. The topological polar surface area (TPSA) is 64.4 Å². The normalized spacial score (nSPS) is 13.1. The van der Waals surface area contributed by atoms with Gasteiger partial charge in [-0.15, -0.1) is 0 Å². The van der Waals surface area contributed by atoms with Gasteiger partial charge in [0.15, 0.2) is 0 Å². The number of nitrogens with one attached hydrogen (secondary N) is 1. The molecule has 1 atom stereocenters. The molecule has 1 unspecified atom stereocenters. The van der Waals surface area contributed by atoms with Crippen LogP contribution in [0.25, 0.3) is 0 Å². The summed E-state index contributed by atoms with van der Waals surface area (Å²) in [5.41, 5.74) is 5.61. The van der Waals surface area contributed by atoms with Crippen molar-refractivity contribution in [1.29, 1.82) is 0 Å². The molecular formula is C10H20N2O2. The average molecular weight is 200 g/mol. The highest BCUT2D eigenvalue weighted by Gasteiger charge is 2.11. The van der Waals surface area contributed by atoms with Crippen LogP contribution in [0.3, 0.4) is 0 Å². The number of hydrogen-bond donors (Lipinski definition) is 2. The van der Waals surface area contributed by atoms with Crippen molar-refractivity contribution < 1.29 is 9.53 Å². The highest BCUT2D eigenvalue weighted by molar-refractivity contribution is 5.81. The van der Waals surface area contributed by atoms with Crippen LogP contribution in [0.2, 0.25) is 0 Å². The minimum atomic E-state index is -0.458. The minimum Gasteiger partial charge on any atom is -0.385 e. The predicted molar refractivity (Wildman–Crippen MR) is 56.9 cm³/mol. The van der Waals surface area contributed by atoms with Gasteiger partial charge in [0, 0.05) is 20.3 Å². The molecule has 0 saturated heterocycles. The molecule has 1 amide bonds. The zero-order valence-electron chi connectivity index (χ0n) is 8.95. The summed E-state index contributed by atoms with van der Waals surface area (Å²) < 4.78 is 4.83. The number of nitrogens with two attached hydrogens (primary N) is 1. The molecule has 0 aromatic carbocycles. The van der Waals surface area contributed by atoms with Gasteiger partial charge in [-0.2, -0.15) is 0 Å². The molecule has 0 saturated carbocycles. The first-order chi connectivity index (χ1) is 6.72. The molecule has 0 rings (SSSR count). The van der Waals surface area contributed by atoms with Crippen molar-refractivity contribution in [2.75, 3.05) is 20.3 Å². The summed E-state index contributed by atoms with van der Waals surface area (Å²) in [6.07, 6.45) is 5.36. The van der Waals surface area contributed by atoms with Gasteiger partial charge in [0.25, 0.3) is 0 Å². The lowest BCUT2D eigenvalue weighted by Crippen LogP contribution is -2.41. The van der Waals surface area contributed by atoms with Gasteiger partial charge >= 0.3 is 0 Å². The SMILES string of the molecule is C/C=C/CCNC(=O)C(N)CCOC. The monoisotopic (exact) mass is 200 g/mol. The molecule has 0 aliphatic carbocycles. The fourth-order valence-electron chi connectivity index (χ4n) is 0.952. The van der Waals surface area contributed by atoms with E-state index in [9.17, 15) is 4.79 Å². The van der Waals surface area contributed by atoms with E-state index in [4.69, 9.17) is 10.5 Å². The number of ether oxygens (including phenoxy) is 1. The number of methoxy groups -OCH3 is 1. The smallest absolute Gasteiger partial charge is 0.237 e. The van der Waals surface area contributed by atoms with Crippen LogP contribution in [0.4, 0.5) is 0 Å². The van der Waals surface area contributed by atoms with Crippen molar-refractivity contribution in [2.24, 2.45) is 5.73 Å². The fourth-order valence-corrected chi connectivity index (χ4v) is 0.952. The van der Waals surface area contributed by atoms with Crippen LogP contribution < -0.4 is 11.1 Å². The van der Waals surface area contributed by atoms with Crippen molar-refractivity contribution in [3.05, 3.63) is 12.2 Å². The second-order valence-electron chi connectivity index (χ2n) is 3.04. The van der Waals surface area contributed by atoms with E-state index in [1.165, 1.54) is 0 Å². The van der Waals surface area contributed by atoms with Gasteiger partial charge in [-0.3, -0.25) is 4.79 Å². The predicted octanol–water partition coefficient (Wildman–Crippen LogP) is 0.433. The van der Waals surface area contributed by atoms with Gasteiger partial charge in [0.05, 0.1) is 6.04 Å². The van der Waals surface area contributed by atoms with Gasteiger partial charge in [-0.25, -0.2) is 0 Å². The number of carbonyl (C=O) groups excluding carboxylic acids is 1. The van der Waals surface area contributed by atoms with E-state index in [0.29, 0.717) is 19.6 Å². The standard InChI is InChI=1S/C10H20N2O2/c1-3-4-5-7-12-10(13)9(11)6-8-14-2/h3-4,9H,5-8,11H2,1-2H3,(H,12,13)/b4-3+. The molecule has 0 bridgehead atoms. The average Bonchev–Trinajstić information content (AvgIpc) is 2.20. The second kappa shape index (κ2) is 8.72. The van der Waals surface area contributed by atoms with Gasteiger partial charge in [-0.1, -0.05) is 12.2 Å². The van der Waals surface area contributed by atoms with E-state index >= 15 is 0 Å². The van der Waals surface area contributed by atoms with Crippen molar-refractivity contribution >= 4 is 5.91 Å². The Morgan fingerprint density at radius 1 is 1.64 bits per heavy atom. The lowest BCUT2D eigenvalue weighted by atomic mass is 10.2. The highest BCUT2D eigenvalue weighted by Crippen LogP contribution is 1.89. The van der Waals surface area contributed by atoms with Crippen molar-refractivity contribution in [1.82, 2.24) is 5.32 Å². The van der Waals surface area contributed by atoms with Crippen LogP contribution in [-0.4, -0.2) is 32.2 Å². The summed E-state index contributed by atoms with van der Waals surface area (Å²) in [6.45, 7) is 3.11. The maximum atomic E-state index is 11.3. The molecule has 82 valence electrons. The Hall–Kier alpha value is -0.870. The number of hydrogen-bond acceptors (Lipinski definition) is 3. The molecule has 0 radical (unpaired) electrons. The third-order valence-electron chi connectivity index (χ3n) is 1.82. The molecular weight excluding hydrogens is 180 g/mol. The summed E-state index contributed by atoms with van der Waals surface area (Å²) in [5, 5.41) is 2.76. The number of amides is 1. The van der Waals surface area contributed by atoms with Crippen LogP contribution in [0, 0.1) is 0 Å². The Balaban J connectivity index is 3.51. The molecule has 0 aliphatic rings. The van der Waals surface area contributed by atoms with Gasteiger partial charge in [0.1, 0.15) is 0 Å². The van der Waals surface area contributed by atoms with E-state index < -0.39 is 6.04 Å².